The Bertz CT molecular complexity index is 524. The first kappa shape index (κ1) is 17.5. The summed E-state index contributed by atoms with van der Waals surface area (Å²) in [6.07, 6.45) is 0.394. The van der Waals surface area contributed by atoms with Crippen LogP contribution in [0.3, 0.4) is 0 Å². The van der Waals surface area contributed by atoms with Crippen LogP contribution in [-0.4, -0.2) is 61.0 Å². The van der Waals surface area contributed by atoms with Gasteiger partial charge in [0.25, 0.3) is 0 Å². The molecule has 1 unspecified atom stereocenters. The highest BCUT2D eigenvalue weighted by Crippen LogP contribution is 2.19. The number of nitrogens with zero attached hydrogens (tertiary/aromatic N) is 2. The molecule has 1 aromatic carbocycles. The Balaban J connectivity index is 1.86. The molecule has 1 heterocycles. The van der Waals surface area contributed by atoms with Crippen molar-refractivity contribution in [2.24, 2.45) is 0 Å². The minimum Gasteiger partial charge on any atom is -0.469 e. The van der Waals surface area contributed by atoms with Crippen LogP contribution in [0.2, 0.25) is 0 Å². The summed E-state index contributed by atoms with van der Waals surface area (Å²) in [4.78, 5) is 28.2. The van der Waals surface area contributed by atoms with Crippen molar-refractivity contribution < 1.29 is 14.3 Å². The van der Waals surface area contributed by atoms with Crippen LogP contribution in [0.1, 0.15) is 31.7 Å². The van der Waals surface area contributed by atoms with Crippen LogP contribution in [0, 0.1) is 0 Å². The molecule has 1 fully saturated rings. The number of ether oxygens (including phenoxy) is 1. The van der Waals surface area contributed by atoms with Gasteiger partial charge in [-0.3, -0.25) is 14.5 Å². The smallest absolute Gasteiger partial charge is 0.307 e. The van der Waals surface area contributed by atoms with E-state index in [1.54, 1.807) is 0 Å². The molecule has 5 nitrogen and oxygen atoms in total. The fourth-order valence-electron chi connectivity index (χ4n) is 2.99. The maximum absolute atomic E-state index is 12.6. The van der Waals surface area contributed by atoms with Gasteiger partial charge in [-0.1, -0.05) is 30.3 Å². The molecule has 1 aliphatic heterocycles. The molecule has 5 heteroatoms. The first-order valence-electron chi connectivity index (χ1n) is 8.17. The highest BCUT2D eigenvalue weighted by molar-refractivity contribution is 5.83. The number of methoxy groups -OCH3 is 1. The Labute approximate surface area is 138 Å². The van der Waals surface area contributed by atoms with E-state index in [0.29, 0.717) is 19.5 Å². The third-order valence-electron chi connectivity index (χ3n) is 4.61. The summed E-state index contributed by atoms with van der Waals surface area (Å²) in [5.41, 5.74) is 1.05. The van der Waals surface area contributed by atoms with Crippen LogP contribution < -0.4 is 0 Å². The molecule has 0 spiro atoms. The van der Waals surface area contributed by atoms with E-state index in [2.05, 4.69) is 4.90 Å². The van der Waals surface area contributed by atoms with E-state index in [4.69, 9.17) is 4.74 Å². The maximum Gasteiger partial charge on any atom is 0.307 e. The molecule has 0 saturated carbocycles. The Morgan fingerprint density at radius 3 is 2.26 bits per heavy atom. The summed E-state index contributed by atoms with van der Waals surface area (Å²) >= 11 is 0. The minimum absolute atomic E-state index is 0.116. The molecule has 0 radical (unpaired) electrons. The van der Waals surface area contributed by atoms with Gasteiger partial charge in [0.1, 0.15) is 0 Å². The van der Waals surface area contributed by atoms with Gasteiger partial charge in [0.2, 0.25) is 5.91 Å². The fourth-order valence-corrected chi connectivity index (χ4v) is 2.99. The highest BCUT2D eigenvalue weighted by Gasteiger charge is 2.28. The van der Waals surface area contributed by atoms with Crippen LogP contribution in [0.4, 0.5) is 0 Å². The minimum atomic E-state index is -0.186. The van der Waals surface area contributed by atoms with Gasteiger partial charge in [-0.05, 0) is 19.4 Å². The third kappa shape index (κ3) is 4.55. The first-order chi connectivity index (χ1) is 11.0. The Hall–Kier alpha value is -1.88. The lowest BCUT2D eigenvalue weighted by atomic mass is 9.99. The van der Waals surface area contributed by atoms with Crippen molar-refractivity contribution >= 4 is 11.9 Å². The van der Waals surface area contributed by atoms with Gasteiger partial charge in [0.15, 0.2) is 0 Å². The SMILES string of the molecule is COC(=O)CC(C)N1CCN(C(=O)[C@@H](C)c2ccccc2)CC1. The predicted octanol–water partition coefficient (Wildman–Crippen LogP) is 1.89. The molecule has 23 heavy (non-hydrogen) atoms. The summed E-state index contributed by atoms with van der Waals surface area (Å²) in [6.45, 7) is 7.00. The number of carbonyl (C=O) groups is 2. The van der Waals surface area contributed by atoms with Crippen LogP contribution in [0.25, 0.3) is 0 Å². The van der Waals surface area contributed by atoms with Crippen LogP contribution in [0.5, 0.6) is 0 Å². The normalized spacial score (nSPS) is 18.3. The van der Waals surface area contributed by atoms with Crippen LogP contribution >= 0.6 is 0 Å². The van der Waals surface area contributed by atoms with E-state index in [-0.39, 0.29) is 23.8 Å². The zero-order chi connectivity index (χ0) is 16.8. The Morgan fingerprint density at radius 1 is 1.09 bits per heavy atom. The molecule has 1 aliphatic rings. The van der Waals surface area contributed by atoms with Gasteiger partial charge in [0.05, 0.1) is 19.4 Å². The van der Waals surface area contributed by atoms with E-state index < -0.39 is 0 Å². The molecule has 2 rings (SSSR count). The number of carbonyl (C=O) groups excluding carboxylic acids is 2. The second-order valence-electron chi connectivity index (χ2n) is 6.12. The summed E-state index contributed by atoms with van der Waals surface area (Å²) < 4.78 is 4.72. The van der Waals surface area contributed by atoms with E-state index >= 15 is 0 Å². The van der Waals surface area contributed by atoms with E-state index in [9.17, 15) is 9.59 Å². The van der Waals surface area contributed by atoms with E-state index in [1.165, 1.54) is 7.11 Å². The molecule has 0 aliphatic carbocycles. The summed E-state index contributed by atoms with van der Waals surface area (Å²) in [7, 11) is 1.41. The van der Waals surface area contributed by atoms with E-state index in [0.717, 1.165) is 18.7 Å². The lowest BCUT2D eigenvalue weighted by molar-refractivity contribution is -0.143. The molecule has 0 aromatic heterocycles. The largest absolute Gasteiger partial charge is 0.469 e. The first-order valence-corrected chi connectivity index (χ1v) is 8.17. The fraction of sp³-hybridized carbons (Fsp3) is 0.556. The molecule has 0 N–H and O–H groups in total. The number of hydrogen-bond donors (Lipinski definition) is 0. The molecule has 1 saturated heterocycles. The maximum atomic E-state index is 12.6. The predicted molar refractivity (Wildman–Crippen MR) is 89.1 cm³/mol. The van der Waals surface area contributed by atoms with Crippen molar-refractivity contribution in [3.8, 4) is 0 Å². The van der Waals surface area contributed by atoms with Gasteiger partial charge >= 0.3 is 5.97 Å². The third-order valence-corrected chi connectivity index (χ3v) is 4.61. The van der Waals surface area contributed by atoms with Crippen molar-refractivity contribution in [1.29, 1.82) is 0 Å². The van der Waals surface area contributed by atoms with Crippen LogP contribution in [-0.2, 0) is 14.3 Å². The second-order valence-corrected chi connectivity index (χ2v) is 6.12. The molecular weight excluding hydrogens is 292 g/mol. The monoisotopic (exact) mass is 318 g/mol. The topological polar surface area (TPSA) is 49.9 Å². The molecule has 0 bridgehead atoms. The average Bonchev–Trinajstić information content (AvgIpc) is 2.61. The average molecular weight is 318 g/mol. The van der Waals surface area contributed by atoms with Gasteiger partial charge in [-0.2, -0.15) is 0 Å². The zero-order valence-electron chi connectivity index (χ0n) is 14.2. The summed E-state index contributed by atoms with van der Waals surface area (Å²) in [5, 5.41) is 0. The van der Waals surface area contributed by atoms with Crippen molar-refractivity contribution in [3.63, 3.8) is 0 Å². The number of esters is 1. The number of hydrogen-bond acceptors (Lipinski definition) is 4. The number of amides is 1. The number of rotatable bonds is 5. The quantitative estimate of drug-likeness (QED) is 0.778. The van der Waals surface area contributed by atoms with Crippen molar-refractivity contribution in [2.45, 2.75) is 32.2 Å². The van der Waals surface area contributed by atoms with Crippen molar-refractivity contribution in [2.75, 3.05) is 33.3 Å². The second kappa shape index (κ2) is 8.11. The summed E-state index contributed by atoms with van der Waals surface area (Å²) in [5.74, 6) is -0.125. The summed E-state index contributed by atoms with van der Waals surface area (Å²) in [6, 6.07) is 10.0. The van der Waals surface area contributed by atoms with Gasteiger partial charge in [-0.25, -0.2) is 0 Å². The molecular formula is C18H26N2O3. The molecule has 2 atom stereocenters. The van der Waals surface area contributed by atoms with Gasteiger partial charge in [0, 0.05) is 32.2 Å². The van der Waals surface area contributed by atoms with Gasteiger partial charge in [-0.15, -0.1) is 0 Å². The lowest BCUT2D eigenvalue weighted by Gasteiger charge is -2.38. The Morgan fingerprint density at radius 2 is 1.70 bits per heavy atom. The van der Waals surface area contributed by atoms with Crippen molar-refractivity contribution in [1.82, 2.24) is 9.80 Å². The molecule has 126 valence electrons. The number of piperazine rings is 1. The Kier molecular flexibility index (Phi) is 6.16. The highest BCUT2D eigenvalue weighted by atomic mass is 16.5. The van der Waals surface area contributed by atoms with Crippen molar-refractivity contribution in [3.05, 3.63) is 35.9 Å². The molecule has 1 aromatic rings. The number of benzene rings is 1. The standard InChI is InChI=1S/C18H26N2O3/c1-14(13-17(21)23-3)19-9-11-20(12-10-19)18(22)15(2)16-7-5-4-6-8-16/h4-8,14-15H,9-13H2,1-3H3/t14?,15-/m0/s1. The van der Waals surface area contributed by atoms with E-state index in [1.807, 2.05) is 49.1 Å². The van der Waals surface area contributed by atoms with Crippen LogP contribution in [0.15, 0.2) is 30.3 Å². The molecule has 1 amide bonds. The zero-order valence-corrected chi connectivity index (χ0v) is 14.2. The van der Waals surface area contributed by atoms with Gasteiger partial charge < -0.3 is 9.64 Å². The lowest BCUT2D eigenvalue weighted by Crippen LogP contribution is -2.52.